The molecule has 0 saturated heterocycles. The SMILES string of the molecule is O=C1O[C@H]([C@@H](O)CO)C(OS(=O)(=O)[O-])=C1O.[K+]. The first kappa shape index (κ1) is 17.3. The van der Waals surface area contributed by atoms with Crippen molar-refractivity contribution in [3.05, 3.63) is 11.5 Å². The Bertz CT molecular complexity index is 427. The van der Waals surface area contributed by atoms with Gasteiger partial charge in [0.2, 0.25) is 11.5 Å². The molecule has 0 bridgehead atoms. The van der Waals surface area contributed by atoms with Gasteiger partial charge < -0.3 is 28.8 Å². The van der Waals surface area contributed by atoms with Crippen molar-refractivity contribution in [2.75, 3.05) is 6.61 Å². The van der Waals surface area contributed by atoms with Crippen LogP contribution in [0.1, 0.15) is 0 Å². The Labute approximate surface area is 138 Å². The van der Waals surface area contributed by atoms with Gasteiger partial charge in [-0.25, -0.2) is 13.2 Å². The van der Waals surface area contributed by atoms with Crippen molar-refractivity contribution in [1.82, 2.24) is 0 Å². The molecule has 0 radical (unpaired) electrons. The molecule has 0 saturated carbocycles. The fourth-order valence-corrected chi connectivity index (χ4v) is 1.40. The maximum atomic E-state index is 10.8. The Morgan fingerprint density at radius 3 is 2.47 bits per heavy atom. The average Bonchev–Trinajstić information content (AvgIpc) is 2.43. The number of hydrogen-bond donors (Lipinski definition) is 3. The predicted octanol–water partition coefficient (Wildman–Crippen LogP) is -5.48. The van der Waals surface area contributed by atoms with Crippen LogP contribution in [0.25, 0.3) is 0 Å². The molecule has 9 nitrogen and oxygen atoms in total. The molecule has 0 unspecified atom stereocenters. The van der Waals surface area contributed by atoms with Crippen molar-refractivity contribution >= 4 is 16.4 Å². The van der Waals surface area contributed by atoms with Gasteiger partial charge in [-0.3, -0.25) is 0 Å². The third-order valence-corrected chi connectivity index (χ3v) is 2.03. The summed E-state index contributed by atoms with van der Waals surface area (Å²) in [6.45, 7) is -0.892. The quantitative estimate of drug-likeness (QED) is 0.199. The van der Waals surface area contributed by atoms with Crippen LogP contribution in [0, 0.1) is 0 Å². The summed E-state index contributed by atoms with van der Waals surface area (Å²) in [6.07, 6.45) is -3.45. The van der Waals surface area contributed by atoms with E-state index < -0.39 is 46.7 Å². The third kappa shape index (κ3) is 4.46. The molecule has 3 N–H and O–H groups in total. The van der Waals surface area contributed by atoms with Crippen molar-refractivity contribution in [2.45, 2.75) is 12.2 Å². The molecule has 1 heterocycles. The molecular formula is C6H7KO9S. The van der Waals surface area contributed by atoms with Gasteiger partial charge in [0.15, 0.2) is 6.10 Å². The molecule has 1 aliphatic heterocycles. The van der Waals surface area contributed by atoms with Gasteiger partial charge in [-0.1, -0.05) is 0 Å². The van der Waals surface area contributed by atoms with Crippen LogP contribution in [0.5, 0.6) is 0 Å². The summed E-state index contributed by atoms with van der Waals surface area (Å²) in [7, 11) is -5.23. The van der Waals surface area contributed by atoms with Gasteiger partial charge in [0.1, 0.15) is 6.10 Å². The van der Waals surface area contributed by atoms with Crippen molar-refractivity contribution < 1.29 is 93.4 Å². The summed E-state index contributed by atoms with van der Waals surface area (Å²) in [5.41, 5.74) is 0. The van der Waals surface area contributed by atoms with Crippen LogP contribution >= 0.6 is 0 Å². The average molecular weight is 294 g/mol. The molecule has 17 heavy (non-hydrogen) atoms. The topological polar surface area (TPSA) is 153 Å². The number of ether oxygens (including phenoxy) is 1. The van der Waals surface area contributed by atoms with Crippen LogP contribution in [0.4, 0.5) is 0 Å². The minimum absolute atomic E-state index is 0. The number of cyclic esters (lactones) is 1. The first-order chi connectivity index (χ1) is 7.26. The second-order valence-corrected chi connectivity index (χ2v) is 3.76. The summed E-state index contributed by atoms with van der Waals surface area (Å²) < 4.78 is 38.8. The fraction of sp³-hybridized carbons (Fsp3) is 0.500. The number of carbonyl (C=O) groups excluding carboxylic acids is 1. The molecule has 0 aromatic heterocycles. The number of aliphatic hydroxyl groups excluding tert-OH is 3. The van der Waals surface area contributed by atoms with E-state index in [-0.39, 0.29) is 51.4 Å². The summed E-state index contributed by atoms with van der Waals surface area (Å²) >= 11 is 0. The molecule has 0 spiro atoms. The smallest absolute Gasteiger partial charge is 0.716 e. The van der Waals surface area contributed by atoms with E-state index in [9.17, 15) is 17.8 Å². The van der Waals surface area contributed by atoms with Crippen LogP contribution in [0.3, 0.4) is 0 Å². The van der Waals surface area contributed by atoms with Crippen LogP contribution in [-0.2, 0) is 24.1 Å². The largest absolute Gasteiger partial charge is 1.00 e. The Morgan fingerprint density at radius 1 is 1.53 bits per heavy atom. The van der Waals surface area contributed by atoms with Gasteiger partial charge in [-0.05, 0) is 0 Å². The van der Waals surface area contributed by atoms with E-state index in [1.54, 1.807) is 0 Å². The van der Waals surface area contributed by atoms with Crippen molar-refractivity contribution in [3.63, 3.8) is 0 Å². The number of rotatable bonds is 4. The van der Waals surface area contributed by atoms with Crippen LogP contribution in [0.15, 0.2) is 11.5 Å². The summed E-state index contributed by atoms with van der Waals surface area (Å²) in [5.74, 6) is -3.64. The Morgan fingerprint density at radius 2 is 2.06 bits per heavy atom. The zero-order chi connectivity index (χ0) is 12.5. The minimum Gasteiger partial charge on any atom is -0.716 e. The van der Waals surface area contributed by atoms with E-state index in [2.05, 4.69) is 8.92 Å². The number of hydrogen-bond acceptors (Lipinski definition) is 9. The predicted molar refractivity (Wildman–Crippen MR) is 43.4 cm³/mol. The second-order valence-electron chi connectivity index (χ2n) is 2.78. The van der Waals surface area contributed by atoms with Gasteiger partial charge >= 0.3 is 57.4 Å². The minimum atomic E-state index is -5.23. The van der Waals surface area contributed by atoms with E-state index >= 15 is 0 Å². The number of aliphatic hydroxyl groups is 3. The first-order valence-electron chi connectivity index (χ1n) is 3.84. The monoisotopic (exact) mass is 294 g/mol. The normalized spacial score (nSPS) is 21.8. The molecule has 0 aromatic rings. The summed E-state index contributed by atoms with van der Waals surface area (Å²) in [6, 6.07) is 0. The molecule has 1 rings (SSSR count). The summed E-state index contributed by atoms with van der Waals surface area (Å²) in [4.78, 5) is 10.8. The zero-order valence-corrected chi connectivity index (χ0v) is 12.5. The van der Waals surface area contributed by atoms with E-state index in [0.717, 1.165) is 0 Å². The molecular weight excluding hydrogens is 287 g/mol. The fourth-order valence-electron chi connectivity index (χ4n) is 1.01. The molecule has 0 aliphatic carbocycles. The van der Waals surface area contributed by atoms with E-state index in [1.165, 1.54) is 0 Å². The first-order valence-corrected chi connectivity index (χ1v) is 5.18. The maximum Gasteiger partial charge on any atom is 1.00 e. The number of esters is 1. The second kappa shape index (κ2) is 6.45. The molecule has 11 heteroatoms. The van der Waals surface area contributed by atoms with Gasteiger partial charge in [0.05, 0.1) is 6.61 Å². The molecule has 0 amide bonds. The van der Waals surface area contributed by atoms with Crippen LogP contribution in [-0.4, -0.2) is 53.1 Å². The summed E-state index contributed by atoms with van der Waals surface area (Å²) in [5, 5.41) is 26.7. The van der Waals surface area contributed by atoms with E-state index in [1.807, 2.05) is 0 Å². The van der Waals surface area contributed by atoms with Gasteiger partial charge in [-0.15, -0.1) is 0 Å². The van der Waals surface area contributed by atoms with Crippen molar-refractivity contribution in [1.29, 1.82) is 0 Å². The Kier molecular flexibility index (Phi) is 6.55. The molecule has 1 aliphatic rings. The van der Waals surface area contributed by atoms with Gasteiger partial charge in [0.25, 0.3) is 10.4 Å². The van der Waals surface area contributed by atoms with E-state index in [4.69, 9.17) is 15.3 Å². The van der Waals surface area contributed by atoms with Gasteiger partial charge in [-0.2, -0.15) is 0 Å². The van der Waals surface area contributed by atoms with Crippen LogP contribution < -0.4 is 51.4 Å². The molecule has 0 aromatic carbocycles. The molecule has 2 atom stereocenters. The van der Waals surface area contributed by atoms with Gasteiger partial charge in [0, 0.05) is 0 Å². The van der Waals surface area contributed by atoms with Crippen molar-refractivity contribution in [3.8, 4) is 0 Å². The van der Waals surface area contributed by atoms with Crippen LogP contribution in [0.2, 0.25) is 0 Å². The number of carbonyl (C=O) groups is 1. The van der Waals surface area contributed by atoms with Crippen molar-refractivity contribution in [2.24, 2.45) is 0 Å². The zero-order valence-electron chi connectivity index (χ0n) is 8.56. The Hall–Kier alpha value is 0.276. The maximum absolute atomic E-state index is 10.8. The standard InChI is InChI=1S/C6H8O9S.K/c7-1-2(8)4-5(15-16(11,12)13)3(9)6(10)14-4;/h2,4,7-9H,1H2,(H,11,12,13);/q;+1/p-1/t2-,4+;/m0./s1. The van der Waals surface area contributed by atoms with E-state index in [0.29, 0.717) is 0 Å². The molecule has 0 fully saturated rings. The third-order valence-electron chi connectivity index (χ3n) is 1.65. The molecule has 92 valence electrons. The Balaban J connectivity index is 0.00000256.